The Morgan fingerprint density at radius 2 is 2.09 bits per heavy atom. The molecule has 1 aromatic heterocycles. The lowest BCUT2D eigenvalue weighted by Gasteiger charge is -2.20. The van der Waals surface area contributed by atoms with Gasteiger partial charge in [0, 0.05) is 18.2 Å². The summed E-state index contributed by atoms with van der Waals surface area (Å²) >= 11 is 0. The van der Waals surface area contributed by atoms with E-state index in [1.807, 2.05) is 38.2 Å². The Morgan fingerprint density at radius 3 is 2.77 bits per heavy atom. The molecule has 2 unspecified atom stereocenters. The number of aryl methyl sites for hydroxylation is 2. The topological polar surface area (TPSA) is 70.8 Å². The maximum atomic E-state index is 10.3. The fourth-order valence-corrected chi connectivity index (χ4v) is 2.89. The third kappa shape index (κ3) is 2.55. The molecule has 22 heavy (non-hydrogen) atoms. The van der Waals surface area contributed by atoms with Crippen LogP contribution in [0.3, 0.4) is 0 Å². The second-order valence-corrected chi connectivity index (χ2v) is 5.51. The average molecular weight is 302 g/mol. The van der Waals surface area contributed by atoms with Gasteiger partial charge in [0.15, 0.2) is 6.23 Å². The van der Waals surface area contributed by atoms with Gasteiger partial charge in [-0.3, -0.25) is 9.52 Å². The quantitative estimate of drug-likeness (QED) is 0.900. The SMILES string of the molecule is Cc1nn(C)c(CON2[CH]c3ccccc3C2O)c1C(C)O. The minimum absolute atomic E-state index is 0.221. The number of hydroxylamine groups is 2. The molecule has 1 radical (unpaired) electrons. The van der Waals surface area contributed by atoms with E-state index >= 15 is 0 Å². The Hall–Kier alpha value is -1.73. The molecule has 6 heteroatoms. The van der Waals surface area contributed by atoms with E-state index in [9.17, 15) is 10.2 Å². The molecular formula is C16H20N3O3. The molecule has 2 atom stereocenters. The number of rotatable bonds is 4. The number of hydrogen-bond acceptors (Lipinski definition) is 5. The van der Waals surface area contributed by atoms with Crippen molar-refractivity contribution < 1.29 is 15.1 Å². The first-order valence-corrected chi connectivity index (χ1v) is 7.22. The van der Waals surface area contributed by atoms with Gasteiger partial charge in [-0.15, -0.1) is 5.06 Å². The highest BCUT2D eigenvalue weighted by atomic mass is 16.7. The summed E-state index contributed by atoms with van der Waals surface area (Å²) in [7, 11) is 1.82. The van der Waals surface area contributed by atoms with Gasteiger partial charge in [0.1, 0.15) is 6.61 Å². The van der Waals surface area contributed by atoms with E-state index in [1.54, 1.807) is 18.2 Å². The highest BCUT2D eigenvalue weighted by molar-refractivity contribution is 5.37. The third-order valence-corrected chi connectivity index (χ3v) is 3.94. The van der Waals surface area contributed by atoms with Gasteiger partial charge in [-0.25, -0.2) is 0 Å². The lowest BCUT2D eigenvalue weighted by molar-refractivity contribution is -0.221. The predicted octanol–water partition coefficient (Wildman–Crippen LogP) is 1.73. The van der Waals surface area contributed by atoms with Crippen LogP contribution in [0.15, 0.2) is 24.3 Å². The molecular weight excluding hydrogens is 282 g/mol. The maximum Gasteiger partial charge on any atom is 0.156 e. The summed E-state index contributed by atoms with van der Waals surface area (Å²) in [4.78, 5) is 5.72. The maximum absolute atomic E-state index is 10.3. The zero-order valence-corrected chi connectivity index (χ0v) is 12.9. The van der Waals surface area contributed by atoms with Gasteiger partial charge in [0.25, 0.3) is 0 Å². The predicted molar refractivity (Wildman–Crippen MR) is 80.0 cm³/mol. The lowest BCUT2D eigenvalue weighted by Crippen LogP contribution is -2.22. The van der Waals surface area contributed by atoms with Gasteiger partial charge in [0.05, 0.1) is 24.0 Å². The number of benzene rings is 1. The highest BCUT2D eigenvalue weighted by Crippen LogP contribution is 2.33. The lowest BCUT2D eigenvalue weighted by atomic mass is 10.1. The van der Waals surface area contributed by atoms with Crippen molar-refractivity contribution in [3.63, 3.8) is 0 Å². The van der Waals surface area contributed by atoms with Crippen LogP contribution in [0.1, 0.15) is 47.3 Å². The Kier molecular flexibility index (Phi) is 4.01. The van der Waals surface area contributed by atoms with Crippen LogP contribution in [0, 0.1) is 13.5 Å². The Balaban J connectivity index is 1.75. The number of nitrogens with zero attached hydrogens (tertiary/aromatic N) is 3. The van der Waals surface area contributed by atoms with Crippen molar-refractivity contribution in [1.82, 2.24) is 14.8 Å². The van der Waals surface area contributed by atoms with E-state index in [1.165, 1.54) is 5.06 Å². The fraction of sp³-hybridized carbons (Fsp3) is 0.375. The molecule has 1 aliphatic rings. The number of aliphatic hydroxyl groups excluding tert-OH is 2. The Labute approximate surface area is 129 Å². The van der Waals surface area contributed by atoms with Crippen LogP contribution in [0.25, 0.3) is 0 Å². The second kappa shape index (κ2) is 5.81. The molecule has 2 N–H and O–H groups in total. The van der Waals surface area contributed by atoms with Crippen molar-refractivity contribution in [3.05, 3.63) is 58.9 Å². The molecule has 0 spiro atoms. The standard InChI is InChI=1S/C16H20N3O3/c1-10-15(11(2)20)14(18(3)17-10)9-22-19-8-12-6-4-5-7-13(12)16(19)21/h4-8,11,16,20-21H,9H2,1-3H3. The van der Waals surface area contributed by atoms with Crippen LogP contribution < -0.4 is 0 Å². The summed E-state index contributed by atoms with van der Waals surface area (Å²) in [6.07, 6.45) is -1.43. The number of aliphatic hydroxyl groups is 2. The number of hydrogen-bond donors (Lipinski definition) is 2. The second-order valence-electron chi connectivity index (χ2n) is 5.51. The summed E-state index contributed by atoms with van der Waals surface area (Å²) in [5, 5.41) is 25.9. The smallest absolute Gasteiger partial charge is 0.156 e. The molecule has 0 fully saturated rings. The van der Waals surface area contributed by atoms with E-state index in [4.69, 9.17) is 4.84 Å². The fourth-order valence-electron chi connectivity index (χ4n) is 2.89. The van der Waals surface area contributed by atoms with E-state index in [0.717, 1.165) is 28.1 Å². The molecule has 6 nitrogen and oxygen atoms in total. The van der Waals surface area contributed by atoms with Crippen LogP contribution in [0.4, 0.5) is 0 Å². The summed E-state index contributed by atoms with van der Waals surface area (Å²) in [5.41, 5.74) is 4.11. The van der Waals surface area contributed by atoms with Gasteiger partial charge in [-0.1, -0.05) is 24.3 Å². The van der Waals surface area contributed by atoms with Crippen molar-refractivity contribution in [1.29, 1.82) is 0 Å². The van der Waals surface area contributed by atoms with Gasteiger partial charge in [-0.2, -0.15) is 5.10 Å². The third-order valence-electron chi connectivity index (χ3n) is 3.94. The van der Waals surface area contributed by atoms with Crippen LogP contribution in [-0.2, 0) is 18.5 Å². The minimum atomic E-state index is -0.819. The van der Waals surface area contributed by atoms with Crippen molar-refractivity contribution in [2.24, 2.45) is 7.05 Å². The van der Waals surface area contributed by atoms with Crippen molar-refractivity contribution in [3.8, 4) is 0 Å². The highest BCUT2D eigenvalue weighted by Gasteiger charge is 2.30. The molecule has 0 amide bonds. The summed E-state index contributed by atoms with van der Waals surface area (Å²) in [6.45, 7) is 5.56. The Morgan fingerprint density at radius 1 is 1.36 bits per heavy atom. The zero-order valence-electron chi connectivity index (χ0n) is 12.9. The minimum Gasteiger partial charge on any atom is -0.389 e. The molecule has 1 aromatic carbocycles. The van der Waals surface area contributed by atoms with Gasteiger partial charge in [-0.05, 0) is 19.4 Å². The van der Waals surface area contributed by atoms with Crippen molar-refractivity contribution in [2.75, 3.05) is 0 Å². The van der Waals surface area contributed by atoms with Gasteiger partial charge >= 0.3 is 0 Å². The first-order valence-electron chi connectivity index (χ1n) is 7.22. The van der Waals surface area contributed by atoms with Crippen LogP contribution in [-0.4, -0.2) is 25.1 Å². The molecule has 117 valence electrons. The van der Waals surface area contributed by atoms with Gasteiger partial charge < -0.3 is 10.2 Å². The number of fused-ring (bicyclic) bond motifs is 1. The summed E-state index contributed by atoms with van der Waals surface area (Å²) in [6, 6.07) is 7.60. The largest absolute Gasteiger partial charge is 0.389 e. The summed E-state index contributed by atoms with van der Waals surface area (Å²) < 4.78 is 1.70. The van der Waals surface area contributed by atoms with Crippen molar-refractivity contribution in [2.45, 2.75) is 32.8 Å². The molecule has 1 aliphatic heterocycles. The molecule has 0 saturated heterocycles. The van der Waals surface area contributed by atoms with Gasteiger partial charge in [0.2, 0.25) is 0 Å². The summed E-state index contributed by atoms with van der Waals surface area (Å²) in [5.74, 6) is 0. The monoisotopic (exact) mass is 302 g/mol. The van der Waals surface area contributed by atoms with E-state index in [0.29, 0.717) is 0 Å². The Bertz CT molecular complexity index is 681. The molecule has 2 aromatic rings. The zero-order chi connectivity index (χ0) is 15.9. The van der Waals surface area contributed by atoms with E-state index in [-0.39, 0.29) is 6.61 Å². The molecule has 0 bridgehead atoms. The van der Waals surface area contributed by atoms with Crippen LogP contribution >= 0.6 is 0 Å². The normalized spacial score (nSPS) is 19.4. The molecule has 2 heterocycles. The molecule has 0 saturated carbocycles. The van der Waals surface area contributed by atoms with E-state index in [2.05, 4.69) is 5.10 Å². The van der Waals surface area contributed by atoms with Crippen LogP contribution in [0.5, 0.6) is 0 Å². The average Bonchev–Trinajstić information content (AvgIpc) is 2.94. The first-order chi connectivity index (χ1) is 10.5. The first kappa shape index (κ1) is 15.2. The molecule has 3 rings (SSSR count). The van der Waals surface area contributed by atoms with E-state index < -0.39 is 12.3 Å². The van der Waals surface area contributed by atoms with Crippen LogP contribution in [0.2, 0.25) is 0 Å². The van der Waals surface area contributed by atoms with Crippen molar-refractivity contribution >= 4 is 0 Å². The molecule has 0 aliphatic carbocycles. The number of aromatic nitrogens is 2.